The van der Waals surface area contributed by atoms with Crippen molar-refractivity contribution in [2.75, 3.05) is 6.54 Å². The van der Waals surface area contributed by atoms with Gasteiger partial charge in [0.05, 0.1) is 4.90 Å². The Kier molecular flexibility index (Phi) is 5.00. The molecule has 0 radical (unpaired) electrons. The molecule has 116 valence electrons. The van der Waals surface area contributed by atoms with Crippen LogP contribution in [0.5, 0.6) is 0 Å². The first-order valence-electron chi connectivity index (χ1n) is 6.77. The maximum atomic E-state index is 12.7. The topological polar surface area (TPSA) is 54.5 Å². The van der Waals surface area contributed by atoms with Crippen LogP contribution in [0.1, 0.15) is 42.1 Å². The molecule has 1 aliphatic heterocycles. The van der Waals surface area contributed by atoms with Crippen LogP contribution in [-0.4, -0.2) is 31.8 Å². The van der Waals surface area contributed by atoms with Gasteiger partial charge in [-0.05, 0) is 50.8 Å². The van der Waals surface area contributed by atoms with Gasteiger partial charge in [0.2, 0.25) is 0 Å². The first kappa shape index (κ1) is 16.8. The van der Waals surface area contributed by atoms with E-state index in [0.717, 1.165) is 19.3 Å². The van der Waals surface area contributed by atoms with Gasteiger partial charge in [-0.1, -0.05) is 15.9 Å². The van der Waals surface area contributed by atoms with E-state index in [1.54, 1.807) is 13.0 Å². The Hall–Kier alpha value is -0.590. The minimum atomic E-state index is -3.88. The molecule has 1 aromatic rings. The molecule has 1 unspecified atom stereocenters. The van der Waals surface area contributed by atoms with E-state index in [9.17, 15) is 13.2 Å². The Balaban J connectivity index is 2.49. The van der Waals surface area contributed by atoms with Gasteiger partial charge < -0.3 is 4.90 Å². The molecule has 1 atom stereocenters. The van der Waals surface area contributed by atoms with E-state index in [4.69, 9.17) is 10.7 Å². The van der Waals surface area contributed by atoms with Crippen LogP contribution in [0.3, 0.4) is 0 Å². The molecule has 4 nitrogen and oxygen atoms in total. The van der Waals surface area contributed by atoms with Gasteiger partial charge in [0, 0.05) is 33.3 Å². The Morgan fingerprint density at radius 2 is 2.05 bits per heavy atom. The van der Waals surface area contributed by atoms with Gasteiger partial charge in [0.1, 0.15) is 0 Å². The van der Waals surface area contributed by atoms with Crippen LogP contribution in [-0.2, 0) is 9.05 Å². The van der Waals surface area contributed by atoms with E-state index in [0.29, 0.717) is 22.1 Å². The summed E-state index contributed by atoms with van der Waals surface area (Å²) in [5, 5.41) is 0. The fourth-order valence-corrected chi connectivity index (χ4v) is 4.52. The standard InChI is InChI=1S/C14H17BrClNO3S/c1-9-5-3-4-6-17(9)14(18)12-7-11(15)8-13(10(12)2)21(16,19)20/h7-9H,3-6H2,1-2H3. The first-order chi connectivity index (χ1) is 9.71. The lowest BCUT2D eigenvalue weighted by atomic mass is 10.0. The molecule has 0 aromatic heterocycles. The number of benzene rings is 1. The van der Waals surface area contributed by atoms with E-state index >= 15 is 0 Å². The van der Waals surface area contributed by atoms with Gasteiger partial charge >= 0.3 is 0 Å². The van der Waals surface area contributed by atoms with Crippen LogP contribution in [0.15, 0.2) is 21.5 Å². The Morgan fingerprint density at radius 3 is 2.62 bits per heavy atom. The molecule has 2 rings (SSSR count). The molecular formula is C14H17BrClNO3S. The van der Waals surface area contributed by atoms with E-state index in [2.05, 4.69) is 15.9 Å². The van der Waals surface area contributed by atoms with Crippen molar-refractivity contribution in [2.24, 2.45) is 0 Å². The molecule has 1 aliphatic rings. The molecule has 1 heterocycles. The lowest BCUT2D eigenvalue weighted by Crippen LogP contribution is -2.42. The Bertz CT molecular complexity index is 675. The van der Waals surface area contributed by atoms with E-state index in [-0.39, 0.29) is 16.8 Å². The highest BCUT2D eigenvalue weighted by atomic mass is 79.9. The highest BCUT2D eigenvalue weighted by Crippen LogP contribution is 2.29. The van der Waals surface area contributed by atoms with Crippen molar-refractivity contribution in [2.45, 2.75) is 44.0 Å². The number of carbonyl (C=O) groups is 1. The number of nitrogens with zero attached hydrogens (tertiary/aromatic N) is 1. The number of amides is 1. The van der Waals surface area contributed by atoms with Crippen molar-refractivity contribution in [1.29, 1.82) is 0 Å². The summed E-state index contributed by atoms with van der Waals surface area (Å²) in [5.74, 6) is -0.137. The fraction of sp³-hybridized carbons (Fsp3) is 0.500. The summed E-state index contributed by atoms with van der Waals surface area (Å²) in [6, 6.07) is 3.25. The molecule has 0 bridgehead atoms. The second-order valence-electron chi connectivity index (χ2n) is 5.36. The summed E-state index contributed by atoms with van der Waals surface area (Å²) in [5.41, 5.74) is 0.785. The minimum absolute atomic E-state index is 0.0217. The zero-order valence-electron chi connectivity index (χ0n) is 11.9. The number of halogens is 2. The summed E-state index contributed by atoms with van der Waals surface area (Å²) >= 11 is 3.25. The van der Waals surface area contributed by atoms with E-state index < -0.39 is 9.05 Å². The number of hydrogen-bond acceptors (Lipinski definition) is 3. The summed E-state index contributed by atoms with van der Waals surface area (Å²) in [6.07, 6.45) is 3.06. The molecule has 21 heavy (non-hydrogen) atoms. The molecule has 7 heteroatoms. The number of piperidine rings is 1. The van der Waals surface area contributed by atoms with E-state index in [1.165, 1.54) is 6.07 Å². The third-order valence-electron chi connectivity index (χ3n) is 3.88. The number of carbonyl (C=O) groups excluding carboxylic acids is 1. The second kappa shape index (κ2) is 6.26. The molecule has 1 fully saturated rings. The van der Waals surface area contributed by atoms with Gasteiger partial charge in [-0.25, -0.2) is 8.42 Å². The Labute approximate surface area is 138 Å². The maximum Gasteiger partial charge on any atom is 0.261 e. The molecular weight excluding hydrogens is 378 g/mol. The zero-order chi connectivity index (χ0) is 15.8. The van der Waals surface area contributed by atoms with Crippen molar-refractivity contribution >= 4 is 41.6 Å². The van der Waals surface area contributed by atoms with Crippen molar-refractivity contribution in [1.82, 2.24) is 4.90 Å². The molecule has 0 aliphatic carbocycles. The highest BCUT2D eigenvalue weighted by molar-refractivity contribution is 9.10. The summed E-state index contributed by atoms with van der Waals surface area (Å²) in [7, 11) is 1.57. The second-order valence-corrected chi connectivity index (χ2v) is 8.81. The lowest BCUT2D eigenvalue weighted by Gasteiger charge is -2.34. The van der Waals surface area contributed by atoms with Crippen LogP contribution in [0.4, 0.5) is 0 Å². The smallest absolute Gasteiger partial charge is 0.261 e. The van der Waals surface area contributed by atoms with Gasteiger partial charge in [-0.2, -0.15) is 0 Å². The number of rotatable bonds is 2. The Morgan fingerprint density at radius 1 is 1.38 bits per heavy atom. The molecule has 1 amide bonds. The zero-order valence-corrected chi connectivity index (χ0v) is 15.1. The highest BCUT2D eigenvalue weighted by Gasteiger charge is 2.27. The predicted octanol–water partition coefficient (Wildman–Crippen LogP) is 3.70. The van der Waals surface area contributed by atoms with E-state index in [1.807, 2.05) is 11.8 Å². The summed E-state index contributed by atoms with van der Waals surface area (Å²) < 4.78 is 23.8. The monoisotopic (exact) mass is 393 g/mol. The third-order valence-corrected chi connectivity index (χ3v) is 5.79. The van der Waals surface area contributed by atoms with Crippen LogP contribution in [0.2, 0.25) is 0 Å². The van der Waals surface area contributed by atoms with Crippen LogP contribution in [0, 0.1) is 6.92 Å². The van der Waals surface area contributed by atoms with Crippen LogP contribution >= 0.6 is 26.6 Å². The fourth-order valence-electron chi connectivity index (χ4n) is 2.68. The quantitative estimate of drug-likeness (QED) is 0.719. The van der Waals surface area contributed by atoms with Crippen LogP contribution in [0.25, 0.3) is 0 Å². The third kappa shape index (κ3) is 3.60. The molecule has 0 N–H and O–H groups in total. The molecule has 0 saturated carbocycles. The summed E-state index contributed by atoms with van der Waals surface area (Å²) in [6.45, 7) is 4.34. The van der Waals surface area contributed by atoms with Gasteiger partial charge in [0.15, 0.2) is 0 Å². The number of hydrogen-bond donors (Lipinski definition) is 0. The van der Waals surface area contributed by atoms with Crippen molar-refractivity contribution in [3.05, 3.63) is 27.7 Å². The first-order valence-corrected chi connectivity index (χ1v) is 9.88. The average molecular weight is 395 g/mol. The maximum absolute atomic E-state index is 12.7. The number of likely N-dealkylation sites (tertiary alicyclic amines) is 1. The van der Waals surface area contributed by atoms with Crippen molar-refractivity contribution in [3.63, 3.8) is 0 Å². The van der Waals surface area contributed by atoms with Gasteiger partial charge in [-0.15, -0.1) is 0 Å². The normalized spacial score (nSPS) is 19.6. The van der Waals surface area contributed by atoms with Gasteiger partial charge in [-0.3, -0.25) is 4.79 Å². The van der Waals surface area contributed by atoms with Crippen LogP contribution < -0.4 is 0 Å². The molecule has 0 spiro atoms. The van der Waals surface area contributed by atoms with Gasteiger partial charge in [0.25, 0.3) is 15.0 Å². The summed E-state index contributed by atoms with van der Waals surface area (Å²) in [4.78, 5) is 14.5. The van der Waals surface area contributed by atoms with Crippen molar-refractivity contribution < 1.29 is 13.2 Å². The average Bonchev–Trinajstić information content (AvgIpc) is 2.39. The van der Waals surface area contributed by atoms with Crippen molar-refractivity contribution in [3.8, 4) is 0 Å². The molecule has 1 aromatic carbocycles. The largest absolute Gasteiger partial charge is 0.336 e. The minimum Gasteiger partial charge on any atom is -0.336 e. The lowest BCUT2D eigenvalue weighted by molar-refractivity contribution is 0.0634. The molecule has 1 saturated heterocycles. The SMILES string of the molecule is Cc1c(C(=O)N2CCCCC2C)cc(Br)cc1S(=O)(=O)Cl. The predicted molar refractivity (Wildman–Crippen MR) is 86.3 cm³/mol.